The number of nitrogens with two attached hydrogens (primary N) is 1. The Morgan fingerprint density at radius 1 is 1.20 bits per heavy atom. The quantitative estimate of drug-likeness (QED) is 0.427. The third-order valence-electron chi connectivity index (χ3n) is 7.31. The predicted molar refractivity (Wildman–Crippen MR) is 126 cm³/mol. The van der Waals surface area contributed by atoms with Gasteiger partial charge in [0.25, 0.3) is 0 Å². The average molecular weight is 414 g/mol. The first-order valence-electron chi connectivity index (χ1n) is 11.9. The van der Waals surface area contributed by atoms with Gasteiger partial charge in [0.2, 0.25) is 0 Å². The third-order valence-corrected chi connectivity index (χ3v) is 7.31. The summed E-state index contributed by atoms with van der Waals surface area (Å²) >= 11 is 0. The molecule has 0 saturated heterocycles. The van der Waals surface area contributed by atoms with Crippen LogP contribution in [-0.2, 0) is 17.6 Å². The van der Waals surface area contributed by atoms with Crippen LogP contribution >= 0.6 is 0 Å². The Morgan fingerprint density at radius 2 is 1.87 bits per heavy atom. The van der Waals surface area contributed by atoms with Gasteiger partial charge in [0.15, 0.2) is 0 Å². The smallest absolute Gasteiger partial charge is 0.130 e. The van der Waals surface area contributed by atoms with Crippen LogP contribution in [0.3, 0.4) is 0 Å². The molecular weight excluding hydrogens is 370 g/mol. The molecule has 0 heterocycles. The second kappa shape index (κ2) is 11.8. The van der Waals surface area contributed by atoms with Gasteiger partial charge in [-0.15, -0.1) is 0 Å². The SMILES string of the molecule is C=C(Cc1cccc(CCC(C)=O)c1)CC(N)C(O)CCC(C)C1(C)CCCCC1. The molecule has 1 fully saturated rings. The molecule has 2 rings (SSSR count). The summed E-state index contributed by atoms with van der Waals surface area (Å²) in [6, 6.07) is 8.10. The molecule has 1 aromatic rings. The molecule has 168 valence electrons. The number of hydrogen-bond donors (Lipinski definition) is 2. The first-order chi connectivity index (χ1) is 14.2. The first kappa shape index (κ1) is 24.8. The summed E-state index contributed by atoms with van der Waals surface area (Å²) < 4.78 is 0. The van der Waals surface area contributed by atoms with Gasteiger partial charge in [0.05, 0.1) is 6.10 Å². The van der Waals surface area contributed by atoms with Gasteiger partial charge in [0, 0.05) is 12.5 Å². The van der Waals surface area contributed by atoms with E-state index in [1.807, 2.05) is 6.07 Å². The van der Waals surface area contributed by atoms with Crippen LogP contribution < -0.4 is 5.73 Å². The van der Waals surface area contributed by atoms with Crippen molar-refractivity contribution in [2.75, 3.05) is 0 Å². The van der Waals surface area contributed by atoms with Crippen LogP contribution in [0.15, 0.2) is 36.4 Å². The van der Waals surface area contributed by atoms with Crippen molar-refractivity contribution in [3.63, 3.8) is 0 Å². The zero-order valence-corrected chi connectivity index (χ0v) is 19.5. The van der Waals surface area contributed by atoms with Crippen molar-refractivity contribution in [2.24, 2.45) is 17.1 Å². The molecule has 30 heavy (non-hydrogen) atoms. The molecule has 3 atom stereocenters. The fourth-order valence-corrected chi connectivity index (χ4v) is 4.88. The molecule has 3 N–H and O–H groups in total. The Morgan fingerprint density at radius 3 is 2.53 bits per heavy atom. The fourth-order valence-electron chi connectivity index (χ4n) is 4.88. The van der Waals surface area contributed by atoms with Gasteiger partial charge in [-0.05, 0) is 74.3 Å². The monoisotopic (exact) mass is 413 g/mol. The lowest BCUT2D eigenvalue weighted by molar-refractivity contribution is -0.116. The molecule has 3 unspecified atom stereocenters. The topological polar surface area (TPSA) is 63.3 Å². The normalized spacial score (nSPS) is 19.1. The summed E-state index contributed by atoms with van der Waals surface area (Å²) in [6.07, 6.45) is 10.8. The lowest BCUT2D eigenvalue weighted by atomic mass is 9.66. The number of benzene rings is 1. The Kier molecular flexibility index (Phi) is 9.77. The van der Waals surface area contributed by atoms with Gasteiger partial charge >= 0.3 is 0 Å². The minimum Gasteiger partial charge on any atom is -0.392 e. The van der Waals surface area contributed by atoms with Crippen molar-refractivity contribution >= 4 is 5.78 Å². The van der Waals surface area contributed by atoms with E-state index in [-0.39, 0.29) is 11.8 Å². The maximum absolute atomic E-state index is 11.2. The number of aliphatic hydroxyl groups is 1. The number of ketones is 1. The highest BCUT2D eigenvalue weighted by Gasteiger charge is 2.32. The van der Waals surface area contributed by atoms with E-state index in [0.29, 0.717) is 24.2 Å². The standard InChI is InChI=1S/C27H43NO2/c1-20(17-24-10-8-9-23(19-24)13-12-22(3)29)18-25(28)26(30)14-11-21(2)27(4)15-6-5-7-16-27/h8-10,19,21,25-26,30H,1,5-7,11-18,28H2,2-4H3. The molecule has 0 radical (unpaired) electrons. The van der Waals surface area contributed by atoms with Crippen molar-refractivity contribution in [1.29, 1.82) is 0 Å². The molecule has 3 nitrogen and oxygen atoms in total. The van der Waals surface area contributed by atoms with Gasteiger partial charge in [-0.2, -0.15) is 0 Å². The van der Waals surface area contributed by atoms with Crippen LogP contribution in [0.1, 0.15) is 89.7 Å². The number of carbonyl (C=O) groups is 1. The lowest BCUT2D eigenvalue weighted by Gasteiger charge is -2.39. The highest BCUT2D eigenvalue weighted by atomic mass is 16.3. The van der Waals surface area contributed by atoms with Crippen molar-refractivity contribution in [3.05, 3.63) is 47.5 Å². The molecule has 0 aromatic heterocycles. The Labute approximate surface area is 184 Å². The van der Waals surface area contributed by atoms with Crippen LogP contribution in [-0.4, -0.2) is 23.0 Å². The highest BCUT2D eigenvalue weighted by Crippen LogP contribution is 2.43. The van der Waals surface area contributed by atoms with Crippen LogP contribution in [0.2, 0.25) is 0 Å². The van der Waals surface area contributed by atoms with E-state index in [0.717, 1.165) is 31.3 Å². The zero-order valence-electron chi connectivity index (χ0n) is 19.5. The molecule has 1 aliphatic carbocycles. The number of rotatable bonds is 12. The average Bonchev–Trinajstić information content (AvgIpc) is 2.70. The van der Waals surface area contributed by atoms with Crippen molar-refractivity contribution in [3.8, 4) is 0 Å². The van der Waals surface area contributed by atoms with E-state index < -0.39 is 6.10 Å². The minimum absolute atomic E-state index is 0.219. The second-order valence-corrected chi connectivity index (χ2v) is 10.1. The maximum Gasteiger partial charge on any atom is 0.130 e. The summed E-state index contributed by atoms with van der Waals surface area (Å²) in [4.78, 5) is 11.2. The molecular formula is C27H43NO2. The summed E-state index contributed by atoms with van der Waals surface area (Å²) in [5, 5.41) is 10.6. The number of aliphatic hydroxyl groups excluding tert-OH is 1. The highest BCUT2D eigenvalue weighted by molar-refractivity contribution is 5.75. The summed E-state index contributed by atoms with van der Waals surface area (Å²) in [7, 11) is 0. The lowest BCUT2D eigenvalue weighted by Crippen LogP contribution is -2.36. The summed E-state index contributed by atoms with van der Waals surface area (Å²) in [6.45, 7) is 10.6. The van der Waals surface area contributed by atoms with Crippen LogP contribution in [0, 0.1) is 11.3 Å². The van der Waals surface area contributed by atoms with Crippen LogP contribution in [0.5, 0.6) is 0 Å². The van der Waals surface area contributed by atoms with Crippen LogP contribution in [0.25, 0.3) is 0 Å². The molecule has 0 bridgehead atoms. The number of Topliss-reactive ketones (excluding diaryl/α,β-unsaturated/α-hetero) is 1. The van der Waals surface area contributed by atoms with E-state index in [1.165, 1.54) is 43.2 Å². The van der Waals surface area contributed by atoms with E-state index >= 15 is 0 Å². The fraction of sp³-hybridized carbons (Fsp3) is 0.667. The molecule has 0 spiro atoms. The molecule has 1 aliphatic rings. The van der Waals surface area contributed by atoms with E-state index in [1.54, 1.807) is 6.92 Å². The molecule has 1 aromatic carbocycles. The van der Waals surface area contributed by atoms with Crippen molar-refractivity contribution in [1.82, 2.24) is 0 Å². The first-order valence-corrected chi connectivity index (χ1v) is 11.9. The van der Waals surface area contributed by atoms with Gasteiger partial charge in [-0.3, -0.25) is 0 Å². The van der Waals surface area contributed by atoms with Gasteiger partial charge in [-0.1, -0.05) is 69.5 Å². The van der Waals surface area contributed by atoms with E-state index in [9.17, 15) is 9.90 Å². The number of carbonyl (C=O) groups excluding carboxylic acids is 1. The second-order valence-electron chi connectivity index (χ2n) is 10.1. The van der Waals surface area contributed by atoms with Gasteiger partial charge in [-0.25, -0.2) is 0 Å². The molecule has 3 heteroatoms. The van der Waals surface area contributed by atoms with Crippen molar-refractivity contribution in [2.45, 2.75) is 104 Å². The molecule has 0 aliphatic heterocycles. The Bertz CT molecular complexity index is 690. The van der Waals surface area contributed by atoms with Crippen molar-refractivity contribution < 1.29 is 9.90 Å². The number of aryl methyl sites for hydroxylation is 1. The summed E-state index contributed by atoms with van der Waals surface area (Å²) in [5.74, 6) is 0.845. The summed E-state index contributed by atoms with van der Waals surface area (Å²) in [5.41, 5.74) is 10.2. The van der Waals surface area contributed by atoms with Crippen LogP contribution in [0.4, 0.5) is 0 Å². The molecule has 0 amide bonds. The third kappa shape index (κ3) is 8.00. The largest absolute Gasteiger partial charge is 0.392 e. The Hall–Kier alpha value is -1.45. The maximum atomic E-state index is 11.2. The number of hydrogen-bond acceptors (Lipinski definition) is 3. The molecule has 1 saturated carbocycles. The predicted octanol–water partition coefficient (Wildman–Crippen LogP) is 5.77. The van der Waals surface area contributed by atoms with E-state index in [2.05, 4.69) is 38.6 Å². The van der Waals surface area contributed by atoms with Gasteiger partial charge < -0.3 is 15.6 Å². The van der Waals surface area contributed by atoms with Gasteiger partial charge in [0.1, 0.15) is 5.78 Å². The zero-order chi connectivity index (χ0) is 22.1. The Balaban J connectivity index is 1.77. The van der Waals surface area contributed by atoms with E-state index in [4.69, 9.17) is 5.73 Å². The minimum atomic E-state index is -0.474.